The molecule has 174 valence electrons. The Morgan fingerprint density at radius 2 is 1.88 bits per heavy atom. The molecule has 0 aliphatic heterocycles. The Morgan fingerprint density at radius 3 is 2.53 bits per heavy atom. The van der Waals surface area contributed by atoms with Crippen LogP contribution in [0.3, 0.4) is 0 Å². The molecule has 1 amide bonds. The predicted octanol–water partition coefficient (Wildman–Crippen LogP) is 6.09. The number of nitrogens with zero attached hydrogens (tertiary/aromatic N) is 1. The quantitative estimate of drug-likeness (QED) is 0.192. The van der Waals surface area contributed by atoms with E-state index in [1.807, 2.05) is 68.4 Å². The van der Waals surface area contributed by atoms with Crippen LogP contribution in [0.15, 0.2) is 60.7 Å². The van der Waals surface area contributed by atoms with Gasteiger partial charge in [0.2, 0.25) is 0 Å². The number of aryl methyl sites for hydroxylation is 1. The van der Waals surface area contributed by atoms with Gasteiger partial charge in [0.05, 0.1) is 28.9 Å². The summed E-state index contributed by atoms with van der Waals surface area (Å²) < 4.78 is 17.6. The van der Waals surface area contributed by atoms with Gasteiger partial charge in [-0.2, -0.15) is 5.26 Å². The average Bonchev–Trinajstić information content (AvgIpc) is 2.82. The molecule has 0 radical (unpaired) electrons. The minimum Gasteiger partial charge on any atom is -0.497 e. The van der Waals surface area contributed by atoms with E-state index in [1.165, 1.54) is 0 Å². The maximum Gasteiger partial charge on any atom is 0.262 e. The van der Waals surface area contributed by atoms with Crippen molar-refractivity contribution in [3.8, 4) is 23.3 Å². The van der Waals surface area contributed by atoms with E-state index in [2.05, 4.69) is 34.0 Å². The highest BCUT2D eigenvalue weighted by molar-refractivity contribution is 14.1. The van der Waals surface area contributed by atoms with Gasteiger partial charge in [-0.05, 0) is 108 Å². The summed E-state index contributed by atoms with van der Waals surface area (Å²) in [4.78, 5) is 12.4. The largest absolute Gasteiger partial charge is 0.497 e. The number of nitriles is 1. The second kappa shape index (κ2) is 12.1. The van der Waals surface area contributed by atoms with Crippen LogP contribution in [0.4, 0.5) is 5.69 Å². The Bertz CT molecular complexity index is 1230. The number of methoxy groups -OCH3 is 1. The minimum absolute atomic E-state index is 0.158. The molecule has 1 N–H and O–H groups in total. The Morgan fingerprint density at radius 1 is 1.12 bits per heavy atom. The zero-order valence-corrected chi connectivity index (χ0v) is 21.4. The minimum atomic E-state index is -0.265. The van der Waals surface area contributed by atoms with Gasteiger partial charge in [-0.1, -0.05) is 12.1 Å². The summed E-state index contributed by atoms with van der Waals surface area (Å²) in [5, 5.41) is 12.5. The molecule has 0 aliphatic carbocycles. The van der Waals surface area contributed by atoms with Crippen LogP contribution in [0.2, 0.25) is 0 Å². The lowest BCUT2D eigenvalue weighted by Crippen LogP contribution is -2.20. The second-order valence-electron chi connectivity index (χ2n) is 7.37. The highest BCUT2D eigenvalue weighted by Gasteiger charge is 2.14. The van der Waals surface area contributed by atoms with Crippen molar-refractivity contribution in [2.75, 3.05) is 25.6 Å². The van der Waals surface area contributed by atoms with Crippen LogP contribution in [-0.2, 0) is 4.79 Å². The van der Waals surface area contributed by atoms with Gasteiger partial charge in [-0.3, -0.25) is 4.79 Å². The fraction of sp³-hybridized carbons (Fsp3) is 0.185. The van der Waals surface area contributed by atoms with E-state index in [0.29, 0.717) is 23.7 Å². The van der Waals surface area contributed by atoms with Gasteiger partial charge in [0, 0.05) is 5.69 Å². The number of amides is 1. The second-order valence-corrected chi connectivity index (χ2v) is 8.53. The lowest BCUT2D eigenvalue weighted by Gasteiger charge is -2.15. The number of benzene rings is 3. The first-order valence-electron chi connectivity index (χ1n) is 10.7. The predicted molar refractivity (Wildman–Crippen MR) is 142 cm³/mol. The Balaban J connectivity index is 1.81. The molecular weight excluding hydrogens is 543 g/mol. The Kier molecular flexibility index (Phi) is 8.93. The number of ether oxygens (including phenoxy) is 3. The van der Waals surface area contributed by atoms with Gasteiger partial charge >= 0.3 is 0 Å². The van der Waals surface area contributed by atoms with Gasteiger partial charge in [-0.15, -0.1) is 0 Å². The van der Waals surface area contributed by atoms with E-state index in [1.54, 1.807) is 19.3 Å². The van der Waals surface area contributed by atoms with E-state index in [9.17, 15) is 10.1 Å². The molecule has 0 saturated heterocycles. The van der Waals surface area contributed by atoms with Crippen molar-refractivity contribution in [2.45, 2.75) is 13.8 Å². The Hall–Kier alpha value is -3.51. The third kappa shape index (κ3) is 6.75. The van der Waals surface area contributed by atoms with E-state index < -0.39 is 0 Å². The first-order chi connectivity index (χ1) is 16.4. The van der Waals surface area contributed by atoms with Crippen LogP contribution in [0, 0.1) is 21.8 Å². The zero-order valence-electron chi connectivity index (χ0n) is 19.2. The first kappa shape index (κ1) is 25.1. The van der Waals surface area contributed by atoms with Crippen LogP contribution in [0.25, 0.3) is 11.6 Å². The smallest absolute Gasteiger partial charge is 0.262 e. The molecule has 3 aromatic carbocycles. The van der Waals surface area contributed by atoms with Crippen molar-refractivity contribution in [1.82, 2.24) is 0 Å². The molecule has 0 unspecified atom stereocenters. The molecule has 6 nitrogen and oxygen atoms in total. The van der Waals surface area contributed by atoms with E-state index in [4.69, 9.17) is 14.2 Å². The molecule has 0 saturated carbocycles. The van der Waals surface area contributed by atoms with Crippen LogP contribution in [0.1, 0.15) is 23.6 Å². The fourth-order valence-electron chi connectivity index (χ4n) is 3.25. The highest BCUT2D eigenvalue weighted by Crippen LogP contribution is 2.35. The maximum absolute atomic E-state index is 12.4. The molecule has 0 heterocycles. The number of carbonyl (C=O) groups excluding carboxylic acids is 1. The molecule has 34 heavy (non-hydrogen) atoms. The third-order valence-corrected chi connectivity index (χ3v) is 5.61. The lowest BCUT2D eigenvalue weighted by molar-refractivity contribution is -0.118. The summed E-state index contributed by atoms with van der Waals surface area (Å²) >= 11 is 2.14. The summed E-state index contributed by atoms with van der Waals surface area (Å²) in [7, 11) is 1.60. The maximum atomic E-state index is 12.4. The van der Waals surface area contributed by atoms with Gasteiger partial charge in [0.25, 0.3) is 5.91 Å². The molecular formula is C27H25IN2O4. The highest BCUT2D eigenvalue weighted by atomic mass is 127. The number of rotatable bonds is 9. The van der Waals surface area contributed by atoms with Crippen LogP contribution in [-0.4, -0.2) is 26.2 Å². The van der Waals surface area contributed by atoms with Crippen molar-refractivity contribution >= 4 is 45.8 Å². The molecule has 0 aromatic heterocycles. The van der Waals surface area contributed by atoms with Crippen LogP contribution < -0.4 is 19.5 Å². The lowest BCUT2D eigenvalue weighted by atomic mass is 10.0. The molecule has 3 aromatic rings. The summed E-state index contributed by atoms with van der Waals surface area (Å²) in [6, 6.07) is 20.8. The molecule has 0 fully saturated rings. The monoisotopic (exact) mass is 568 g/mol. The van der Waals surface area contributed by atoms with Crippen molar-refractivity contribution in [3.05, 3.63) is 80.9 Å². The number of hydrogen-bond acceptors (Lipinski definition) is 5. The summed E-state index contributed by atoms with van der Waals surface area (Å²) in [5.41, 5.74) is 3.85. The topological polar surface area (TPSA) is 80.6 Å². The van der Waals surface area contributed by atoms with E-state index >= 15 is 0 Å². The van der Waals surface area contributed by atoms with Crippen LogP contribution >= 0.6 is 22.6 Å². The number of allylic oxidation sites excluding steroid dienone is 1. The number of nitrogens with one attached hydrogen (secondary N) is 1. The van der Waals surface area contributed by atoms with Crippen molar-refractivity contribution < 1.29 is 19.0 Å². The summed E-state index contributed by atoms with van der Waals surface area (Å²) in [5.74, 6) is 1.46. The van der Waals surface area contributed by atoms with E-state index in [0.717, 1.165) is 31.7 Å². The average molecular weight is 568 g/mol. The normalized spacial score (nSPS) is 10.9. The van der Waals surface area contributed by atoms with Gasteiger partial charge in [0.15, 0.2) is 18.1 Å². The van der Waals surface area contributed by atoms with Gasteiger partial charge < -0.3 is 19.5 Å². The summed E-state index contributed by atoms with van der Waals surface area (Å²) in [6.07, 6.45) is 1.79. The van der Waals surface area contributed by atoms with Crippen molar-refractivity contribution in [1.29, 1.82) is 5.26 Å². The number of carbonyl (C=O) groups is 1. The molecule has 0 atom stereocenters. The van der Waals surface area contributed by atoms with Crippen molar-refractivity contribution in [3.63, 3.8) is 0 Å². The molecule has 3 rings (SSSR count). The standard InChI is InChI=1S/C27H25IN2O4/c1-4-33-25-15-19(13-21(16-29)20-8-10-23(32-3)11-9-20)14-24(28)27(25)34-17-26(31)30-22-7-5-6-18(2)12-22/h5-15H,4,17H2,1-3H3,(H,30,31)/b21-13+. The molecule has 7 heteroatoms. The van der Waals surface area contributed by atoms with Gasteiger partial charge in [-0.25, -0.2) is 0 Å². The van der Waals surface area contributed by atoms with Crippen molar-refractivity contribution in [2.24, 2.45) is 0 Å². The van der Waals surface area contributed by atoms with Crippen LogP contribution in [0.5, 0.6) is 17.2 Å². The molecule has 0 aliphatic rings. The number of halogens is 1. The number of anilines is 1. The van der Waals surface area contributed by atoms with E-state index in [-0.39, 0.29) is 12.5 Å². The Labute approximate surface area is 213 Å². The molecule has 0 bridgehead atoms. The SMILES string of the molecule is CCOc1cc(/C=C(\C#N)c2ccc(OC)cc2)cc(I)c1OCC(=O)Nc1cccc(C)c1. The molecule has 0 spiro atoms. The summed E-state index contributed by atoms with van der Waals surface area (Å²) in [6.45, 7) is 4.11. The third-order valence-electron chi connectivity index (χ3n) is 4.81. The fourth-order valence-corrected chi connectivity index (χ4v) is 4.03. The zero-order chi connectivity index (χ0) is 24.5. The van der Waals surface area contributed by atoms with Gasteiger partial charge in [0.1, 0.15) is 5.75 Å². The first-order valence-corrected chi connectivity index (χ1v) is 11.7. The number of hydrogen-bond donors (Lipinski definition) is 1.